The lowest BCUT2D eigenvalue weighted by Gasteiger charge is -2.20. The van der Waals surface area contributed by atoms with Crippen molar-refractivity contribution in [3.63, 3.8) is 0 Å². The Morgan fingerprint density at radius 2 is 1.61 bits per heavy atom. The van der Waals surface area contributed by atoms with Crippen molar-refractivity contribution >= 4 is 29.6 Å². The predicted octanol–water partition coefficient (Wildman–Crippen LogP) is 5.05. The number of hydrazone groups is 1. The van der Waals surface area contributed by atoms with Gasteiger partial charge in [-0.3, -0.25) is 9.36 Å². The minimum atomic E-state index is -0.261. The van der Waals surface area contributed by atoms with Gasteiger partial charge >= 0.3 is 0 Å². The number of carbonyl (C=O) groups excluding carboxylic acids is 1. The molecule has 11 heteroatoms. The minimum absolute atomic E-state index is 0.0957. The number of amides is 1. The van der Waals surface area contributed by atoms with E-state index in [1.807, 2.05) is 71.3 Å². The number of carbonyl (C=O) groups is 1. The number of rotatable bonds is 13. The first-order valence-electron chi connectivity index (χ1n) is 13.1. The number of benzene rings is 3. The number of para-hydroxylation sites is 1. The summed E-state index contributed by atoms with van der Waals surface area (Å²) in [4.78, 5) is 14.9. The van der Waals surface area contributed by atoms with E-state index in [-0.39, 0.29) is 11.7 Å². The van der Waals surface area contributed by atoms with Crippen LogP contribution in [0.25, 0.3) is 17.1 Å². The second-order valence-corrected chi connectivity index (χ2v) is 9.68. The Morgan fingerprint density at radius 3 is 2.20 bits per heavy atom. The van der Waals surface area contributed by atoms with Crippen molar-refractivity contribution in [2.75, 3.05) is 45.1 Å². The molecule has 1 amide bonds. The highest BCUT2D eigenvalue weighted by atomic mass is 32.2. The standard InChI is InChI=1S/C30H34N6O4S/c1-6-35(7-2)23-15-13-21(14-16-23)19-31-32-27(37)20-41-30-34-33-29(36(30)24-11-9-8-10-12-24)22-17-25(38-3)28(40-5)26(18-22)39-4/h8-19H,6-7,20H2,1-5H3,(H,32,37)/b31-19+. The highest BCUT2D eigenvalue weighted by Crippen LogP contribution is 2.41. The molecule has 0 atom stereocenters. The third-order valence-corrected chi connectivity index (χ3v) is 7.26. The van der Waals surface area contributed by atoms with Crippen molar-refractivity contribution in [3.05, 3.63) is 72.3 Å². The zero-order valence-corrected chi connectivity index (χ0v) is 24.6. The number of methoxy groups -OCH3 is 3. The molecule has 0 aliphatic carbocycles. The molecule has 1 N–H and O–H groups in total. The van der Waals surface area contributed by atoms with Gasteiger partial charge in [0.15, 0.2) is 22.5 Å². The Kier molecular flexibility index (Phi) is 10.2. The Bertz CT molecular complexity index is 1450. The normalized spacial score (nSPS) is 11.0. The quantitative estimate of drug-likeness (QED) is 0.134. The highest BCUT2D eigenvalue weighted by molar-refractivity contribution is 7.99. The molecule has 0 aliphatic rings. The van der Waals surface area contributed by atoms with Gasteiger partial charge in [0.05, 0.1) is 33.3 Å². The van der Waals surface area contributed by atoms with Gasteiger partial charge in [-0.25, -0.2) is 5.43 Å². The molecule has 214 valence electrons. The summed E-state index contributed by atoms with van der Waals surface area (Å²) in [7, 11) is 4.68. The molecule has 0 bridgehead atoms. The van der Waals surface area contributed by atoms with Gasteiger partial charge in [0, 0.05) is 30.0 Å². The Morgan fingerprint density at radius 1 is 0.951 bits per heavy atom. The van der Waals surface area contributed by atoms with Gasteiger partial charge < -0.3 is 19.1 Å². The molecule has 10 nitrogen and oxygen atoms in total. The molecule has 0 spiro atoms. The first-order chi connectivity index (χ1) is 20.0. The van der Waals surface area contributed by atoms with Gasteiger partial charge in [-0.05, 0) is 55.8 Å². The zero-order chi connectivity index (χ0) is 29.2. The summed E-state index contributed by atoms with van der Waals surface area (Å²) in [6.45, 7) is 6.14. The molecule has 41 heavy (non-hydrogen) atoms. The molecule has 0 radical (unpaired) electrons. The van der Waals surface area contributed by atoms with E-state index in [1.54, 1.807) is 27.5 Å². The monoisotopic (exact) mass is 574 g/mol. The average Bonchev–Trinajstić information content (AvgIpc) is 3.45. The van der Waals surface area contributed by atoms with Crippen LogP contribution < -0.4 is 24.5 Å². The molecular weight excluding hydrogens is 540 g/mol. The maximum Gasteiger partial charge on any atom is 0.250 e. The molecule has 4 aromatic rings. The lowest BCUT2D eigenvalue weighted by atomic mass is 10.1. The van der Waals surface area contributed by atoms with E-state index in [0.717, 1.165) is 30.0 Å². The predicted molar refractivity (Wildman–Crippen MR) is 163 cm³/mol. The summed E-state index contributed by atoms with van der Waals surface area (Å²) in [6.07, 6.45) is 1.63. The minimum Gasteiger partial charge on any atom is -0.493 e. The highest BCUT2D eigenvalue weighted by Gasteiger charge is 2.21. The topological polar surface area (TPSA) is 103 Å². The van der Waals surface area contributed by atoms with Crippen molar-refractivity contribution in [1.82, 2.24) is 20.2 Å². The van der Waals surface area contributed by atoms with Crippen LogP contribution in [0.3, 0.4) is 0 Å². The van der Waals surface area contributed by atoms with Crippen LogP contribution in [-0.4, -0.2) is 67.1 Å². The Hall–Kier alpha value is -4.51. The van der Waals surface area contributed by atoms with E-state index in [0.29, 0.717) is 33.8 Å². The SMILES string of the molecule is CCN(CC)c1ccc(/C=N/NC(=O)CSc2nnc(-c3cc(OC)c(OC)c(OC)c3)n2-c2ccccc2)cc1. The third-order valence-electron chi connectivity index (χ3n) is 6.33. The maximum absolute atomic E-state index is 12.6. The third kappa shape index (κ3) is 6.98. The number of hydrogen-bond acceptors (Lipinski definition) is 9. The van der Waals surface area contributed by atoms with E-state index >= 15 is 0 Å². The van der Waals surface area contributed by atoms with Gasteiger partial charge in [0.2, 0.25) is 5.75 Å². The Labute approximate surface area is 244 Å². The molecule has 0 saturated carbocycles. The van der Waals surface area contributed by atoms with Crippen molar-refractivity contribution in [1.29, 1.82) is 0 Å². The molecule has 1 heterocycles. The first-order valence-corrected chi connectivity index (χ1v) is 14.1. The van der Waals surface area contributed by atoms with Crippen LogP contribution in [0.2, 0.25) is 0 Å². The van der Waals surface area contributed by atoms with E-state index < -0.39 is 0 Å². The maximum atomic E-state index is 12.6. The molecular formula is C30H34N6O4S. The fraction of sp³-hybridized carbons (Fsp3) is 0.267. The van der Waals surface area contributed by atoms with Crippen molar-refractivity contribution in [2.45, 2.75) is 19.0 Å². The largest absolute Gasteiger partial charge is 0.493 e. The average molecular weight is 575 g/mol. The van der Waals surface area contributed by atoms with Gasteiger partial charge in [-0.15, -0.1) is 10.2 Å². The summed E-state index contributed by atoms with van der Waals surface area (Å²) < 4.78 is 18.4. The van der Waals surface area contributed by atoms with Gasteiger partial charge in [0.25, 0.3) is 5.91 Å². The van der Waals surface area contributed by atoms with Crippen molar-refractivity contribution in [2.24, 2.45) is 5.10 Å². The summed E-state index contributed by atoms with van der Waals surface area (Å²) in [6, 6.07) is 21.4. The Balaban J connectivity index is 1.51. The van der Waals surface area contributed by atoms with E-state index in [4.69, 9.17) is 14.2 Å². The van der Waals surface area contributed by atoms with Crippen LogP contribution in [-0.2, 0) is 4.79 Å². The first kappa shape index (κ1) is 29.5. The van der Waals surface area contributed by atoms with Crippen molar-refractivity contribution in [3.8, 4) is 34.3 Å². The molecule has 1 aromatic heterocycles. The zero-order valence-electron chi connectivity index (χ0n) is 23.8. The second kappa shape index (κ2) is 14.2. The molecule has 0 unspecified atom stereocenters. The van der Waals surface area contributed by atoms with Crippen LogP contribution in [0.15, 0.2) is 77.0 Å². The van der Waals surface area contributed by atoms with E-state index in [2.05, 4.69) is 39.5 Å². The summed E-state index contributed by atoms with van der Waals surface area (Å²) in [5.74, 6) is 1.87. The number of ether oxygens (including phenoxy) is 3. The fourth-order valence-corrected chi connectivity index (χ4v) is 5.02. The van der Waals surface area contributed by atoms with Crippen LogP contribution >= 0.6 is 11.8 Å². The lowest BCUT2D eigenvalue weighted by Crippen LogP contribution is -2.21. The number of hydrogen-bond donors (Lipinski definition) is 1. The lowest BCUT2D eigenvalue weighted by molar-refractivity contribution is -0.118. The second-order valence-electron chi connectivity index (χ2n) is 8.74. The number of nitrogens with zero attached hydrogens (tertiary/aromatic N) is 5. The van der Waals surface area contributed by atoms with E-state index in [9.17, 15) is 4.79 Å². The molecule has 0 fully saturated rings. The van der Waals surface area contributed by atoms with Crippen molar-refractivity contribution < 1.29 is 19.0 Å². The molecule has 0 aliphatic heterocycles. The molecule has 3 aromatic carbocycles. The van der Waals surface area contributed by atoms with Crippen LogP contribution in [0.4, 0.5) is 5.69 Å². The summed E-state index contributed by atoms with van der Waals surface area (Å²) >= 11 is 1.26. The molecule has 4 rings (SSSR count). The van der Waals surface area contributed by atoms with Crippen LogP contribution in [0.1, 0.15) is 19.4 Å². The van der Waals surface area contributed by atoms with Gasteiger partial charge in [-0.2, -0.15) is 5.10 Å². The van der Waals surface area contributed by atoms with Crippen LogP contribution in [0, 0.1) is 0 Å². The fourth-order valence-electron chi connectivity index (χ4n) is 4.27. The van der Waals surface area contributed by atoms with Gasteiger partial charge in [-0.1, -0.05) is 42.1 Å². The molecule has 0 saturated heterocycles. The van der Waals surface area contributed by atoms with E-state index in [1.165, 1.54) is 11.8 Å². The number of nitrogens with one attached hydrogen (secondary N) is 1. The number of anilines is 1. The van der Waals surface area contributed by atoms with Gasteiger partial charge in [0.1, 0.15) is 0 Å². The summed E-state index contributed by atoms with van der Waals surface area (Å²) in [5.41, 5.74) is 6.20. The summed E-state index contributed by atoms with van der Waals surface area (Å²) in [5, 5.41) is 13.5. The number of aromatic nitrogens is 3. The van der Waals surface area contributed by atoms with Crippen LogP contribution in [0.5, 0.6) is 17.2 Å². The smallest absolute Gasteiger partial charge is 0.250 e. The number of thioether (sulfide) groups is 1.